The maximum absolute atomic E-state index is 13.3. The molecule has 2 heterocycles. The minimum atomic E-state index is 0.0124. The number of likely N-dealkylation sites (tertiary alicyclic amines) is 2. The Morgan fingerprint density at radius 2 is 1.64 bits per heavy atom. The van der Waals surface area contributed by atoms with Crippen molar-refractivity contribution in [1.29, 1.82) is 0 Å². The lowest BCUT2D eigenvalue weighted by Gasteiger charge is -2.35. The highest BCUT2D eigenvalue weighted by Gasteiger charge is 2.29. The second kappa shape index (κ2) is 10.0. The SMILES string of the molecule is COc1ccc(C(=O)N2CCCC(CN3CCCCCC3)C2)c(OC)c1OC. The van der Waals surface area contributed by atoms with E-state index in [1.165, 1.54) is 45.2 Å². The van der Waals surface area contributed by atoms with Crippen LogP contribution in [0.2, 0.25) is 0 Å². The topological polar surface area (TPSA) is 51.2 Å². The first kappa shape index (κ1) is 20.8. The van der Waals surface area contributed by atoms with Gasteiger partial charge < -0.3 is 24.0 Å². The van der Waals surface area contributed by atoms with Crippen molar-refractivity contribution in [2.45, 2.75) is 38.5 Å². The molecule has 0 radical (unpaired) electrons. The number of amides is 1. The molecular formula is C22H34N2O4. The number of ether oxygens (including phenoxy) is 3. The van der Waals surface area contributed by atoms with Crippen LogP contribution in [0, 0.1) is 5.92 Å². The number of methoxy groups -OCH3 is 3. The molecule has 1 atom stereocenters. The van der Waals surface area contributed by atoms with Crippen LogP contribution in [0.5, 0.6) is 17.2 Å². The first-order chi connectivity index (χ1) is 13.7. The summed E-state index contributed by atoms with van der Waals surface area (Å²) in [5, 5.41) is 0. The molecule has 1 aromatic carbocycles. The maximum Gasteiger partial charge on any atom is 0.257 e. The first-order valence-electron chi connectivity index (χ1n) is 10.5. The van der Waals surface area contributed by atoms with Crippen molar-refractivity contribution >= 4 is 5.91 Å². The van der Waals surface area contributed by atoms with Crippen LogP contribution in [0.3, 0.4) is 0 Å². The number of carbonyl (C=O) groups excluding carboxylic acids is 1. The highest BCUT2D eigenvalue weighted by Crippen LogP contribution is 2.40. The third kappa shape index (κ3) is 4.72. The Hall–Kier alpha value is -1.95. The van der Waals surface area contributed by atoms with Crippen molar-refractivity contribution in [3.63, 3.8) is 0 Å². The summed E-state index contributed by atoms with van der Waals surface area (Å²) >= 11 is 0. The molecule has 0 spiro atoms. The number of nitrogens with zero attached hydrogens (tertiary/aromatic N) is 2. The van der Waals surface area contributed by atoms with Gasteiger partial charge in [0, 0.05) is 19.6 Å². The van der Waals surface area contributed by atoms with E-state index in [1.54, 1.807) is 33.5 Å². The van der Waals surface area contributed by atoms with Crippen LogP contribution >= 0.6 is 0 Å². The van der Waals surface area contributed by atoms with E-state index in [-0.39, 0.29) is 5.91 Å². The summed E-state index contributed by atoms with van der Waals surface area (Å²) in [4.78, 5) is 17.9. The smallest absolute Gasteiger partial charge is 0.257 e. The fraction of sp³-hybridized carbons (Fsp3) is 0.682. The lowest BCUT2D eigenvalue weighted by atomic mass is 9.96. The summed E-state index contributed by atoms with van der Waals surface area (Å²) in [5.41, 5.74) is 0.538. The molecule has 6 nitrogen and oxygen atoms in total. The summed E-state index contributed by atoms with van der Waals surface area (Å²) < 4.78 is 16.3. The average Bonchev–Trinajstić information content (AvgIpc) is 3.00. The van der Waals surface area contributed by atoms with Crippen molar-refractivity contribution in [1.82, 2.24) is 9.80 Å². The highest BCUT2D eigenvalue weighted by molar-refractivity contribution is 5.98. The summed E-state index contributed by atoms with van der Waals surface area (Å²) in [5.74, 6) is 2.03. The Morgan fingerprint density at radius 1 is 0.929 bits per heavy atom. The predicted octanol–water partition coefficient (Wildman–Crippen LogP) is 3.44. The van der Waals surface area contributed by atoms with Crippen LogP contribution in [0.4, 0.5) is 0 Å². The van der Waals surface area contributed by atoms with Crippen LogP contribution in [0.1, 0.15) is 48.9 Å². The highest BCUT2D eigenvalue weighted by atomic mass is 16.5. The van der Waals surface area contributed by atoms with Crippen LogP contribution in [-0.2, 0) is 0 Å². The summed E-state index contributed by atoms with van der Waals surface area (Å²) in [6, 6.07) is 3.55. The van der Waals surface area contributed by atoms with E-state index in [4.69, 9.17) is 14.2 Å². The fourth-order valence-electron chi connectivity index (χ4n) is 4.52. The molecule has 0 saturated carbocycles. The third-order valence-electron chi connectivity index (χ3n) is 5.96. The lowest BCUT2D eigenvalue weighted by molar-refractivity contribution is 0.0637. The van der Waals surface area contributed by atoms with E-state index in [1.807, 2.05) is 4.90 Å². The van der Waals surface area contributed by atoms with Gasteiger partial charge >= 0.3 is 0 Å². The van der Waals surface area contributed by atoms with E-state index in [0.29, 0.717) is 28.7 Å². The van der Waals surface area contributed by atoms with Crippen molar-refractivity contribution in [3.8, 4) is 17.2 Å². The molecule has 2 saturated heterocycles. The standard InChI is InChI=1S/C22H34N2O4/c1-26-19-11-10-18(20(27-2)21(19)28-3)22(25)24-14-8-9-17(16-24)15-23-12-6-4-5-7-13-23/h10-11,17H,4-9,12-16H2,1-3H3. The maximum atomic E-state index is 13.3. The summed E-state index contributed by atoms with van der Waals surface area (Å²) in [7, 11) is 4.70. The Bertz CT molecular complexity index is 656. The molecule has 6 heteroatoms. The zero-order valence-corrected chi connectivity index (χ0v) is 17.5. The van der Waals surface area contributed by atoms with Crippen LogP contribution in [0.25, 0.3) is 0 Å². The third-order valence-corrected chi connectivity index (χ3v) is 5.96. The largest absolute Gasteiger partial charge is 0.493 e. The minimum Gasteiger partial charge on any atom is -0.493 e. The molecule has 0 aliphatic carbocycles. The molecule has 2 aliphatic heterocycles. The van der Waals surface area contributed by atoms with E-state index >= 15 is 0 Å². The van der Waals surface area contributed by atoms with Gasteiger partial charge in [-0.3, -0.25) is 4.79 Å². The second-order valence-corrected chi connectivity index (χ2v) is 7.86. The van der Waals surface area contributed by atoms with Gasteiger partial charge in [0.15, 0.2) is 11.5 Å². The summed E-state index contributed by atoms with van der Waals surface area (Å²) in [6.45, 7) is 5.12. The molecule has 28 heavy (non-hydrogen) atoms. The van der Waals surface area contributed by atoms with Gasteiger partial charge in [0.05, 0.1) is 26.9 Å². The Labute approximate surface area is 168 Å². The van der Waals surface area contributed by atoms with Gasteiger partial charge in [-0.25, -0.2) is 0 Å². The van der Waals surface area contributed by atoms with Crippen molar-refractivity contribution in [2.75, 3.05) is 54.1 Å². The fourth-order valence-corrected chi connectivity index (χ4v) is 4.52. The van der Waals surface area contributed by atoms with Gasteiger partial charge in [-0.15, -0.1) is 0 Å². The number of hydrogen-bond donors (Lipinski definition) is 0. The first-order valence-corrected chi connectivity index (χ1v) is 10.5. The van der Waals surface area contributed by atoms with Gasteiger partial charge in [-0.1, -0.05) is 12.8 Å². The molecule has 1 unspecified atom stereocenters. The Morgan fingerprint density at radius 3 is 2.29 bits per heavy atom. The zero-order valence-electron chi connectivity index (χ0n) is 17.5. The molecule has 1 amide bonds. The molecule has 1 aromatic rings. The minimum absolute atomic E-state index is 0.0124. The molecule has 0 aromatic heterocycles. The van der Waals surface area contributed by atoms with Crippen LogP contribution < -0.4 is 14.2 Å². The quantitative estimate of drug-likeness (QED) is 0.745. The second-order valence-electron chi connectivity index (χ2n) is 7.86. The van der Waals surface area contributed by atoms with Gasteiger partial charge in [0.2, 0.25) is 5.75 Å². The van der Waals surface area contributed by atoms with Crippen molar-refractivity contribution in [3.05, 3.63) is 17.7 Å². The van der Waals surface area contributed by atoms with Gasteiger partial charge in [-0.05, 0) is 56.8 Å². The molecule has 156 valence electrons. The number of hydrogen-bond acceptors (Lipinski definition) is 5. The molecule has 3 rings (SSSR count). The summed E-state index contributed by atoms with van der Waals surface area (Å²) in [6.07, 6.45) is 7.56. The molecule has 0 bridgehead atoms. The molecule has 2 fully saturated rings. The van der Waals surface area contributed by atoms with Crippen molar-refractivity contribution < 1.29 is 19.0 Å². The Balaban J connectivity index is 1.71. The normalized spacial score (nSPS) is 21.1. The molecule has 2 aliphatic rings. The van der Waals surface area contributed by atoms with E-state index in [0.717, 1.165) is 26.1 Å². The monoisotopic (exact) mass is 390 g/mol. The average molecular weight is 391 g/mol. The number of piperidine rings is 1. The van der Waals surface area contributed by atoms with E-state index < -0.39 is 0 Å². The molecular weight excluding hydrogens is 356 g/mol. The number of rotatable bonds is 6. The van der Waals surface area contributed by atoms with Gasteiger partial charge in [-0.2, -0.15) is 0 Å². The van der Waals surface area contributed by atoms with Gasteiger partial charge in [0.25, 0.3) is 5.91 Å². The zero-order chi connectivity index (χ0) is 19.9. The van der Waals surface area contributed by atoms with Crippen LogP contribution in [-0.4, -0.2) is 69.8 Å². The Kier molecular flexibility index (Phi) is 7.43. The number of benzene rings is 1. The predicted molar refractivity (Wildman–Crippen MR) is 110 cm³/mol. The number of carbonyl (C=O) groups is 1. The van der Waals surface area contributed by atoms with Crippen LogP contribution in [0.15, 0.2) is 12.1 Å². The lowest BCUT2D eigenvalue weighted by Crippen LogP contribution is -2.44. The van der Waals surface area contributed by atoms with E-state index in [2.05, 4.69) is 4.90 Å². The molecule has 0 N–H and O–H groups in total. The van der Waals surface area contributed by atoms with Crippen molar-refractivity contribution in [2.24, 2.45) is 5.92 Å². The van der Waals surface area contributed by atoms with E-state index in [9.17, 15) is 4.79 Å². The van der Waals surface area contributed by atoms with Gasteiger partial charge in [0.1, 0.15) is 0 Å².